The van der Waals surface area contributed by atoms with Gasteiger partial charge in [-0.2, -0.15) is 0 Å². The Kier molecular flexibility index (Phi) is 6.27. The molecule has 256 valence electrons. The quantitative estimate of drug-likeness (QED) is 0.183. The van der Waals surface area contributed by atoms with Gasteiger partial charge in [0.2, 0.25) is 0 Å². The molecular formula is C50H30N4O. The van der Waals surface area contributed by atoms with Gasteiger partial charge >= 0.3 is 0 Å². The molecule has 0 saturated heterocycles. The Hall–Kier alpha value is -7.50. The molecule has 0 radical (unpaired) electrons. The largest absolute Gasteiger partial charge is 0.454 e. The second kappa shape index (κ2) is 11.5. The van der Waals surface area contributed by atoms with E-state index in [1.54, 1.807) is 0 Å². The summed E-state index contributed by atoms with van der Waals surface area (Å²) in [4.78, 5) is 10.4. The summed E-state index contributed by atoms with van der Waals surface area (Å²) in [5.41, 5.74) is 12.2. The first-order valence-corrected chi connectivity index (χ1v) is 18.6. The van der Waals surface area contributed by atoms with Gasteiger partial charge in [-0.25, -0.2) is 9.97 Å². The van der Waals surface area contributed by atoms with Crippen LogP contribution in [0.5, 0.6) is 0 Å². The topological polar surface area (TPSA) is 48.8 Å². The molecule has 0 saturated carbocycles. The van der Waals surface area contributed by atoms with E-state index in [1.165, 1.54) is 32.6 Å². The fourth-order valence-corrected chi connectivity index (χ4v) is 8.75. The molecule has 55 heavy (non-hydrogen) atoms. The van der Waals surface area contributed by atoms with Crippen molar-refractivity contribution in [1.82, 2.24) is 19.1 Å². The summed E-state index contributed by atoms with van der Waals surface area (Å²) >= 11 is 0. The zero-order valence-electron chi connectivity index (χ0n) is 29.5. The molecule has 0 atom stereocenters. The van der Waals surface area contributed by atoms with Gasteiger partial charge in [-0.1, -0.05) is 127 Å². The number of rotatable bonds is 4. The predicted octanol–water partition coefficient (Wildman–Crippen LogP) is 13.1. The smallest absolute Gasteiger partial charge is 0.161 e. The predicted molar refractivity (Wildman–Crippen MR) is 226 cm³/mol. The summed E-state index contributed by atoms with van der Waals surface area (Å²) in [6, 6.07) is 64.1. The third-order valence-electron chi connectivity index (χ3n) is 11.1. The molecule has 12 rings (SSSR count). The maximum Gasteiger partial charge on any atom is 0.161 e. The molecule has 0 unspecified atom stereocenters. The van der Waals surface area contributed by atoms with Gasteiger partial charge in [0.1, 0.15) is 5.58 Å². The summed E-state index contributed by atoms with van der Waals surface area (Å²) in [7, 11) is 0. The van der Waals surface area contributed by atoms with Crippen LogP contribution in [-0.2, 0) is 0 Å². The highest BCUT2D eigenvalue weighted by Crippen LogP contribution is 2.43. The van der Waals surface area contributed by atoms with Crippen LogP contribution in [-0.4, -0.2) is 19.1 Å². The van der Waals surface area contributed by atoms with Crippen molar-refractivity contribution in [3.05, 3.63) is 182 Å². The minimum Gasteiger partial charge on any atom is -0.454 e. The monoisotopic (exact) mass is 702 g/mol. The maximum atomic E-state index is 6.91. The van der Waals surface area contributed by atoms with Gasteiger partial charge in [-0.15, -0.1) is 0 Å². The number of nitrogens with zero attached hydrogens (tertiary/aromatic N) is 4. The first-order valence-electron chi connectivity index (χ1n) is 18.6. The highest BCUT2D eigenvalue weighted by Gasteiger charge is 2.23. The van der Waals surface area contributed by atoms with E-state index in [0.717, 1.165) is 72.1 Å². The van der Waals surface area contributed by atoms with Gasteiger partial charge in [0, 0.05) is 54.5 Å². The van der Waals surface area contributed by atoms with E-state index >= 15 is 0 Å². The van der Waals surface area contributed by atoms with Crippen LogP contribution in [0.15, 0.2) is 186 Å². The molecule has 5 heteroatoms. The van der Waals surface area contributed by atoms with Gasteiger partial charge < -0.3 is 13.6 Å². The molecule has 0 bridgehead atoms. The Morgan fingerprint density at radius 1 is 0.418 bits per heavy atom. The summed E-state index contributed by atoms with van der Waals surface area (Å²) in [6.07, 6.45) is 0. The lowest BCUT2D eigenvalue weighted by atomic mass is 10.0. The van der Waals surface area contributed by atoms with Gasteiger partial charge in [-0.3, -0.25) is 0 Å². The van der Waals surface area contributed by atoms with Crippen molar-refractivity contribution in [2.24, 2.45) is 0 Å². The number of fused-ring (bicyclic) bond motifs is 10. The highest BCUT2D eigenvalue weighted by molar-refractivity contribution is 6.20. The molecule has 0 N–H and O–H groups in total. The molecular weight excluding hydrogens is 673 g/mol. The first-order chi connectivity index (χ1) is 27.3. The minimum absolute atomic E-state index is 0.672. The van der Waals surface area contributed by atoms with Crippen LogP contribution in [0.2, 0.25) is 0 Å². The van der Waals surface area contributed by atoms with E-state index in [9.17, 15) is 0 Å². The molecule has 0 aliphatic rings. The fraction of sp³-hybridized carbons (Fsp3) is 0. The number of hydrogen-bond donors (Lipinski definition) is 0. The van der Waals surface area contributed by atoms with Crippen molar-refractivity contribution in [3.63, 3.8) is 0 Å². The van der Waals surface area contributed by atoms with Crippen molar-refractivity contribution >= 4 is 76.5 Å². The Balaban J connectivity index is 1.14. The summed E-state index contributed by atoms with van der Waals surface area (Å²) < 4.78 is 11.7. The standard InChI is InChI=1S/C50H30N4O/c1-3-15-31(16-4-1)48-35-21-7-10-24-40(35)51-50(52-48)37-23-14-28-46-47(37)36-22-13-27-43(49(36)55-46)54-42-26-12-9-20-34(42)39-29-44-38(30-45(39)54)33-19-8-11-25-41(33)53(44)32-17-5-2-6-18-32/h1-30H. The van der Waals surface area contributed by atoms with E-state index in [4.69, 9.17) is 14.4 Å². The fourth-order valence-electron chi connectivity index (χ4n) is 8.75. The molecule has 8 aromatic carbocycles. The van der Waals surface area contributed by atoms with Crippen LogP contribution in [0, 0.1) is 0 Å². The lowest BCUT2D eigenvalue weighted by Gasteiger charge is -2.10. The third kappa shape index (κ3) is 4.35. The molecule has 12 aromatic rings. The van der Waals surface area contributed by atoms with Crippen molar-refractivity contribution in [2.75, 3.05) is 0 Å². The van der Waals surface area contributed by atoms with Crippen molar-refractivity contribution < 1.29 is 4.42 Å². The number of furan rings is 1. The number of para-hydroxylation sites is 5. The molecule has 4 aromatic heterocycles. The normalized spacial score (nSPS) is 12.0. The molecule has 0 aliphatic carbocycles. The van der Waals surface area contributed by atoms with Crippen LogP contribution in [0.3, 0.4) is 0 Å². The molecule has 0 fully saturated rings. The molecule has 0 amide bonds. The van der Waals surface area contributed by atoms with Crippen molar-refractivity contribution in [1.29, 1.82) is 0 Å². The zero-order chi connectivity index (χ0) is 36.0. The number of hydrogen-bond acceptors (Lipinski definition) is 3. The third-order valence-corrected chi connectivity index (χ3v) is 11.1. The van der Waals surface area contributed by atoms with Gasteiger partial charge in [-0.05, 0) is 54.6 Å². The van der Waals surface area contributed by atoms with E-state index in [1.807, 2.05) is 24.3 Å². The second-order valence-electron chi connectivity index (χ2n) is 14.1. The van der Waals surface area contributed by atoms with E-state index in [-0.39, 0.29) is 0 Å². The minimum atomic E-state index is 0.672. The lowest BCUT2D eigenvalue weighted by molar-refractivity contribution is 0.666. The van der Waals surface area contributed by atoms with Crippen molar-refractivity contribution in [2.45, 2.75) is 0 Å². The summed E-state index contributed by atoms with van der Waals surface area (Å²) in [5, 5.41) is 7.86. The highest BCUT2D eigenvalue weighted by atomic mass is 16.3. The van der Waals surface area contributed by atoms with E-state index < -0.39 is 0 Å². The average molecular weight is 703 g/mol. The van der Waals surface area contributed by atoms with Gasteiger partial charge in [0.15, 0.2) is 11.4 Å². The Morgan fingerprint density at radius 2 is 1.02 bits per heavy atom. The SMILES string of the molecule is c1ccc(-c2nc(-c3cccc4oc5c(-n6c7ccccc7c7cc8c(cc76)c6ccccc6n8-c6ccccc6)cccc5c34)nc3ccccc23)cc1. The molecule has 4 heterocycles. The van der Waals surface area contributed by atoms with Gasteiger partial charge in [0.05, 0.1) is 39.0 Å². The second-order valence-corrected chi connectivity index (χ2v) is 14.1. The van der Waals surface area contributed by atoms with E-state index in [0.29, 0.717) is 5.82 Å². The molecule has 0 spiro atoms. The van der Waals surface area contributed by atoms with Crippen LogP contribution in [0.25, 0.3) is 110 Å². The Bertz CT molecular complexity index is 3480. The Labute approximate surface area is 315 Å². The average Bonchev–Trinajstić information content (AvgIpc) is 3.90. The zero-order valence-corrected chi connectivity index (χ0v) is 29.5. The van der Waals surface area contributed by atoms with Crippen molar-refractivity contribution in [3.8, 4) is 34.0 Å². The van der Waals surface area contributed by atoms with Gasteiger partial charge in [0.25, 0.3) is 0 Å². The van der Waals surface area contributed by atoms with Crippen LogP contribution in [0.4, 0.5) is 0 Å². The lowest BCUT2D eigenvalue weighted by Crippen LogP contribution is -1.96. The molecule has 5 nitrogen and oxygen atoms in total. The van der Waals surface area contributed by atoms with Crippen LogP contribution < -0.4 is 0 Å². The summed E-state index contributed by atoms with van der Waals surface area (Å²) in [5.74, 6) is 0.672. The number of benzene rings is 8. The Morgan fingerprint density at radius 3 is 1.78 bits per heavy atom. The van der Waals surface area contributed by atoms with Crippen LogP contribution >= 0.6 is 0 Å². The maximum absolute atomic E-state index is 6.91. The first kappa shape index (κ1) is 30.0. The van der Waals surface area contributed by atoms with Crippen LogP contribution in [0.1, 0.15) is 0 Å². The summed E-state index contributed by atoms with van der Waals surface area (Å²) in [6.45, 7) is 0. The van der Waals surface area contributed by atoms with E-state index in [2.05, 4.69) is 167 Å². The number of aromatic nitrogens is 4. The molecule has 0 aliphatic heterocycles.